The number of benzene rings is 1. The van der Waals surface area contributed by atoms with E-state index >= 15 is 0 Å². The Morgan fingerprint density at radius 3 is 2.79 bits per heavy atom. The number of aromatic nitrogens is 2. The second kappa shape index (κ2) is 5.63. The number of rotatable bonds is 2. The zero-order valence-electron chi connectivity index (χ0n) is 9.90. The van der Waals surface area contributed by atoms with Crippen molar-refractivity contribution in [2.45, 2.75) is 12.3 Å². The normalized spacial score (nSPS) is 18.3. The standard InChI is InChI=1S/C12H11F2N3O.ClH/c13-9-2-1-7(5-10(9)14)11-16-12(18-17-11)8-3-4-15-6-8;/h1-2,5,8,15H,3-4,6H2;1H. The van der Waals surface area contributed by atoms with Crippen LogP contribution < -0.4 is 5.32 Å². The van der Waals surface area contributed by atoms with Crippen molar-refractivity contribution in [1.29, 1.82) is 0 Å². The fourth-order valence-corrected chi connectivity index (χ4v) is 2.02. The molecule has 0 aliphatic carbocycles. The van der Waals surface area contributed by atoms with Crippen molar-refractivity contribution in [2.24, 2.45) is 0 Å². The number of nitrogens with zero attached hydrogens (tertiary/aromatic N) is 2. The highest BCUT2D eigenvalue weighted by Gasteiger charge is 2.23. The van der Waals surface area contributed by atoms with E-state index in [1.54, 1.807) is 0 Å². The van der Waals surface area contributed by atoms with Crippen LogP contribution in [0.4, 0.5) is 8.78 Å². The first kappa shape index (κ1) is 13.9. The SMILES string of the molecule is Cl.Fc1ccc(-c2noc(C3CCNC3)n2)cc1F. The Hall–Kier alpha value is -1.53. The molecule has 1 N–H and O–H groups in total. The summed E-state index contributed by atoms with van der Waals surface area (Å²) < 4.78 is 31.1. The van der Waals surface area contributed by atoms with E-state index in [-0.39, 0.29) is 24.1 Å². The number of hydrogen-bond donors (Lipinski definition) is 1. The maximum atomic E-state index is 13.1. The molecule has 3 rings (SSSR count). The molecule has 1 aliphatic heterocycles. The van der Waals surface area contributed by atoms with Crippen molar-refractivity contribution >= 4 is 12.4 Å². The molecule has 2 aromatic rings. The van der Waals surface area contributed by atoms with Crippen LogP contribution in [-0.4, -0.2) is 23.2 Å². The van der Waals surface area contributed by atoms with Gasteiger partial charge in [-0.3, -0.25) is 0 Å². The molecule has 0 amide bonds. The van der Waals surface area contributed by atoms with E-state index in [1.807, 2.05) is 0 Å². The summed E-state index contributed by atoms with van der Waals surface area (Å²) in [7, 11) is 0. The van der Waals surface area contributed by atoms with Gasteiger partial charge in [0.1, 0.15) is 0 Å². The summed E-state index contributed by atoms with van der Waals surface area (Å²) in [6, 6.07) is 3.55. The smallest absolute Gasteiger partial charge is 0.231 e. The number of halogens is 3. The molecule has 1 unspecified atom stereocenters. The molecule has 0 spiro atoms. The fraction of sp³-hybridized carbons (Fsp3) is 0.333. The van der Waals surface area contributed by atoms with Crippen LogP contribution in [0, 0.1) is 11.6 Å². The minimum Gasteiger partial charge on any atom is -0.339 e. The van der Waals surface area contributed by atoms with Gasteiger partial charge in [0.25, 0.3) is 0 Å². The van der Waals surface area contributed by atoms with Crippen LogP contribution in [0.3, 0.4) is 0 Å². The Balaban J connectivity index is 0.00000133. The minimum atomic E-state index is -0.915. The van der Waals surface area contributed by atoms with Gasteiger partial charge in [-0.2, -0.15) is 4.98 Å². The largest absolute Gasteiger partial charge is 0.339 e. The first-order valence-electron chi connectivity index (χ1n) is 5.74. The maximum absolute atomic E-state index is 13.1. The quantitative estimate of drug-likeness (QED) is 0.922. The zero-order valence-corrected chi connectivity index (χ0v) is 10.7. The van der Waals surface area contributed by atoms with Gasteiger partial charge in [0.05, 0.1) is 5.92 Å². The van der Waals surface area contributed by atoms with Crippen molar-refractivity contribution in [2.75, 3.05) is 13.1 Å². The molecule has 1 aliphatic rings. The highest BCUT2D eigenvalue weighted by molar-refractivity contribution is 5.85. The second-order valence-electron chi connectivity index (χ2n) is 4.27. The lowest BCUT2D eigenvalue weighted by Crippen LogP contribution is -2.08. The highest BCUT2D eigenvalue weighted by atomic mass is 35.5. The minimum absolute atomic E-state index is 0. The summed E-state index contributed by atoms with van der Waals surface area (Å²) in [5.74, 6) is -0.768. The summed E-state index contributed by atoms with van der Waals surface area (Å²) >= 11 is 0. The van der Waals surface area contributed by atoms with Crippen molar-refractivity contribution < 1.29 is 13.3 Å². The van der Waals surface area contributed by atoms with E-state index in [0.29, 0.717) is 11.5 Å². The molecule has 19 heavy (non-hydrogen) atoms. The van der Waals surface area contributed by atoms with Gasteiger partial charge >= 0.3 is 0 Å². The van der Waals surface area contributed by atoms with Gasteiger partial charge < -0.3 is 9.84 Å². The summed E-state index contributed by atoms with van der Waals surface area (Å²) in [6.45, 7) is 1.73. The molecule has 4 nitrogen and oxygen atoms in total. The van der Waals surface area contributed by atoms with Crippen molar-refractivity contribution in [3.8, 4) is 11.4 Å². The van der Waals surface area contributed by atoms with Gasteiger partial charge in [-0.15, -0.1) is 12.4 Å². The molecule has 0 saturated carbocycles. The summed E-state index contributed by atoms with van der Waals surface area (Å²) in [6.07, 6.45) is 0.944. The van der Waals surface area contributed by atoms with Crippen molar-refractivity contribution in [3.63, 3.8) is 0 Å². The Bertz CT molecular complexity index is 570. The average Bonchev–Trinajstić information content (AvgIpc) is 3.01. The van der Waals surface area contributed by atoms with Gasteiger partial charge in [-0.25, -0.2) is 8.78 Å². The highest BCUT2D eigenvalue weighted by Crippen LogP contribution is 2.24. The maximum Gasteiger partial charge on any atom is 0.231 e. The van der Waals surface area contributed by atoms with Crippen molar-refractivity contribution in [1.82, 2.24) is 15.5 Å². The van der Waals surface area contributed by atoms with Gasteiger partial charge in [-0.1, -0.05) is 5.16 Å². The summed E-state index contributed by atoms with van der Waals surface area (Å²) in [5.41, 5.74) is 0.412. The first-order chi connectivity index (χ1) is 8.74. The molecule has 1 atom stereocenters. The van der Waals surface area contributed by atoms with Crippen LogP contribution in [-0.2, 0) is 0 Å². The molecule has 2 heterocycles. The molecule has 1 aromatic heterocycles. The lowest BCUT2D eigenvalue weighted by atomic mass is 10.1. The van der Waals surface area contributed by atoms with Gasteiger partial charge in [0, 0.05) is 12.1 Å². The molecule has 1 aromatic carbocycles. The Morgan fingerprint density at radius 2 is 2.11 bits per heavy atom. The molecule has 0 bridgehead atoms. The third kappa shape index (κ3) is 2.74. The lowest BCUT2D eigenvalue weighted by molar-refractivity contribution is 0.359. The topological polar surface area (TPSA) is 51.0 Å². The molecule has 102 valence electrons. The van der Waals surface area contributed by atoms with E-state index in [1.165, 1.54) is 6.07 Å². The molecule has 7 heteroatoms. The lowest BCUT2D eigenvalue weighted by Gasteiger charge is -1.98. The molecular weight excluding hydrogens is 276 g/mol. The van der Waals surface area contributed by atoms with Crippen molar-refractivity contribution in [3.05, 3.63) is 35.7 Å². The third-order valence-corrected chi connectivity index (χ3v) is 3.03. The average molecular weight is 288 g/mol. The predicted molar refractivity (Wildman–Crippen MR) is 67.1 cm³/mol. The van der Waals surface area contributed by atoms with E-state index in [0.717, 1.165) is 31.6 Å². The van der Waals surface area contributed by atoms with Gasteiger partial charge in [0.15, 0.2) is 11.6 Å². The van der Waals surface area contributed by atoms with Gasteiger partial charge in [-0.05, 0) is 31.2 Å². The Kier molecular flexibility index (Phi) is 4.11. The van der Waals surface area contributed by atoms with Crippen LogP contribution in [0.2, 0.25) is 0 Å². The predicted octanol–water partition coefficient (Wildman–Crippen LogP) is 2.51. The monoisotopic (exact) mass is 287 g/mol. The zero-order chi connectivity index (χ0) is 12.5. The van der Waals surface area contributed by atoms with Crippen LogP contribution in [0.25, 0.3) is 11.4 Å². The second-order valence-corrected chi connectivity index (χ2v) is 4.27. The third-order valence-electron chi connectivity index (χ3n) is 3.03. The van der Waals surface area contributed by atoms with Crippen LogP contribution >= 0.6 is 12.4 Å². The number of nitrogens with one attached hydrogen (secondary N) is 1. The first-order valence-corrected chi connectivity index (χ1v) is 5.74. The van der Waals surface area contributed by atoms with E-state index in [2.05, 4.69) is 15.5 Å². The van der Waals surface area contributed by atoms with Crippen LogP contribution in [0.15, 0.2) is 22.7 Å². The molecular formula is C12H12ClF2N3O. The Labute approximate surface area is 114 Å². The Morgan fingerprint density at radius 1 is 1.26 bits per heavy atom. The van der Waals surface area contributed by atoms with E-state index < -0.39 is 11.6 Å². The molecule has 0 radical (unpaired) electrons. The van der Waals surface area contributed by atoms with Crippen LogP contribution in [0.5, 0.6) is 0 Å². The van der Waals surface area contributed by atoms with Crippen LogP contribution in [0.1, 0.15) is 18.2 Å². The summed E-state index contributed by atoms with van der Waals surface area (Å²) in [5, 5.41) is 7.00. The fourth-order valence-electron chi connectivity index (χ4n) is 2.02. The molecule has 1 saturated heterocycles. The van der Waals surface area contributed by atoms with Gasteiger partial charge in [0.2, 0.25) is 11.7 Å². The molecule has 1 fully saturated rings. The van der Waals surface area contributed by atoms with E-state index in [9.17, 15) is 8.78 Å². The van der Waals surface area contributed by atoms with E-state index in [4.69, 9.17) is 4.52 Å². The number of hydrogen-bond acceptors (Lipinski definition) is 4. The summed E-state index contributed by atoms with van der Waals surface area (Å²) in [4.78, 5) is 4.23.